The van der Waals surface area contributed by atoms with Gasteiger partial charge in [-0.2, -0.15) is 0 Å². The van der Waals surface area contributed by atoms with Crippen LogP contribution in [0.2, 0.25) is 0 Å². The minimum absolute atomic E-state index is 0.00958. The Morgan fingerprint density at radius 3 is 2.94 bits per heavy atom. The number of nitrogens with one attached hydrogen (secondary N) is 1. The number of aliphatic hydroxyl groups excluding tert-OH is 1. The molecule has 0 fully saturated rings. The summed E-state index contributed by atoms with van der Waals surface area (Å²) in [6, 6.07) is 7.02. The van der Waals surface area contributed by atoms with Crippen molar-refractivity contribution in [2.75, 3.05) is 33.0 Å². The fourth-order valence-corrected chi connectivity index (χ4v) is 1.40. The van der Waals surface area contributed by atoms with E-state index < -0.39 is 0 Å². The summed E-state index contributed by atoms with van der Waals surface area (Å²) in [6.45, 7) is 3.54. The average molecular weight is 253 g/mol. The van der Waals surface area contributed by atoms with Crippen molar-refractivity contribution >= 4 is 5.91 Å². The molecule has 18 heavy (non-hydrogen) atoms. The molecule has 0 unspecified atom stereocenters. The van der Waals surface area contributed by atoms with Gasteiger partial charge in [-0.1, -0.05) is 6.07 Å². The van der Waals surface area contributed by atoms with Gasteiger partial charge >= 0.3 is 0 Å². The molecule has 0 aliphatic carbocycles. The second kappa shape index (κ2) is 8.49. The quantitative estimate of drug-likeness (QED) is 0.673. The van der Waals surface area contributed by atoms with Crippen molar-refractivity contribution in [3.8, 4) is 5.75 Å². The zero-order valence-electron chi connectivity index (χ0n) is 10.5. The highest BCUT2D eigenvalue weighted by Gasteiger charge is 2.05. The Labute approximate surface area is 107 Å². The molecule has 0 aliphatic rings. The molecule has 0 atom stereocenters. The summed E-state index contributed by atoms with van der Waals surface area (Å²) in [4.78, 5) is 11.8. The fourth-order valence-electron chi connectivity index (χ4n) is 1.40. The Kier molecular flexibility index (Phi) is 6.83. The van der Waals surface area contributed by atoms with Gasteiger partial charge in [-0.15, -0.1) is 0 Å². The normalized spacial score (nSPS) is 10.1. The van der Waals surface area contributed by atoms with Crippen LogP contribution in [0.4, 0.5) is 0 Å². The third kappa shape index (κ3) is 5.16. The second-order valence-electron chi connectivity index (χ2n) is 3.55. The van der Waals surface area contributed by atoms with Crippen molar-refractivity contribution in [3.63, 3.8) is 0 Å². The average Bonchev–Trinajstić information content (AvgIpc) is 2.39. The number of carbonyl (C=O) groups is 1. The van der Waals surface area contributed by atoms with E-state index in [0.717, 1.165) is 0 Å². The van der Waals surface area contributed by atoms with E-state index in [-0.39, 0.29) is 19.1 Å². The van der Waals surface area contributed by atoms with E-state index >= 15 is 0 Å². The molecule has 5 heteroatoms. The van der Waals surface area contributed by atoms with Crippen LogP contribution in [0.3, 0.4) is 0 Å². The molecule has 100 valence electrons. The minimum atomic E-state index is -0.163. The number of carbonyl (C=O) groups excluding carboxylic acids is 1. The van der Waals surface area contributed by atoms with Crippen LogP contribution in [-0.2, 0) is 4.74 Å². The molecule has 0 aliphatic heterocycles. The molecule has 1 aromatic carbocycles. The minimum Gasteiger partial charge on any atom is -0.494 e. The Balaban J connectivity index is 2.38. The number of hydrogen-bond acceptors (Lipinski definition) is 4. The van der Waals surface area contributed by atoms with Gasteiger partial charge in [0.05, 0.1) is 26.4 Å². The molecule has 0 radical (unpaired) electrons. The van der Waals surface area contributed by atoms with E-state index in [0.29, 0.717) is 31.1 Å². The van der Waals surface area contributed by atoms with Crippen molar-refractivity contribution in [2.45, 2.75) is 6.92 Å². The number of amides is 1. The standard InChI is InChI=1S/C13H19NO4/c1-2-18-12-5-3-4-11(10-12)13(16)14-6-8-17-9-7-15/h3-5,10,15H,2,6-9H2,1H3,(H,14,16). The van der Waals surface area contributed by atoms with Gasteiger partial charge in [0, 0.05) is 12.1 Å². The lowest BCUT2D eigenvalue weighted by Gasteiger charge is -2.07. The highest BCUT2D eigenvalue weighted by atomic mass is 16.5. The van der Waals surface area contributed by atoms with Gasteiger partial charge < -0.3 is 19.9 Å². The topological polar surface area (TPSA) is 67.8 Å². The van der Waals surface area contributed by atoms with Crippen LogP contribution in [0.1, 0.15) is 17.3 Å². The summed E-state index contributed by atoms with van der Waals surface area (Å²) in [5.41, 5.74) is 0.558. The van der Waals surface area contributed by atoms with Gasteiger partial charge in [0.2, 0.25) is 0 Å². The lowest BCUT2D eigenvalue weighted by atomic mass is 10.2. The molecule has 0 saturated heterocycles. The maximum Gasteiger partial charge on any atom is 0.251 e. The number of benzene rings is 1. The summed E-state index contributed by atoms with van der Waals surface area (Å²) < 4.78 is 10.4. The maximum atomic E-state index is 11.8. The first-order chi connectivity index (χ1) is 8.77. The summed E-state index contributed by atoms with van der Waals surface area (Å²) in [6.07, 6.45) is 0. The number of rotatable bonds is 8. The van der Waals surface area contributed by atoms with E-state index in [9.17, 15) is 4.79 Å². The summed E-state index contributed by atoms with van der Waals surface area (Å²) >= 11 is 0. The molecular formula is C13H19NO4. The molecule has 1 amide bonds. The monoisotopic (exact) mass is 253 g/mol. The Hall–Kier alpha value is -1.59. The smallest absolute Gasteiger partial charge is 0.251 e. The molecule has 0 saturated carbocycles. The highest BCUT2D eigenvalue weighted by molar-refractivity contribution is 5.94. The van der Waals surface area contributed by atoms with Gasteiger partial charge in [-0.05, 0) is 25.1 Å². The van der Waals surface area contributed by atoms with Crippen LogP contribution in [0.5, 0.6) is 5.75 Å². The van der Waals surface area contributed by atoms with Gasteiger partial charge in [0.15, 0.2) is 0 Å². The van der Waals surface area contributed by atoms with E-state index in [4.69, 9.17) is 14.6 Å². The summed E-state index contributed by atoms with van der Waals surface area (Å²) in [7, 11) is 0. The molecule has 2 N–H and O–H groups in total. The molecule has 1 aromatic rings. The first-order valence-electron chi connectivity index (χ1n) is 5.97. The predicted molar refractivity (Wildman–Crippen MR) is 67.8 cm³/mol. The fraction of sp³-hybridized carbons (Fsp3) is 0.462. The van der Waals surface area contributed by atoms with Gasteiger partial charge in [0.1, 0.15) is 5.75 Å². The molecule has 0 heterocycles. The van der Waals surface area contributed by atoms with Gasteiger partial charge in [0.25, 0.3) is 5.91 Å². The van der Waals surface area contributed by atoms with Crippen LogP contribution in [0.15, 0.2) is 24.3 Å². The number of ether oxygens (including phenoxy) is 2. The first kappa shape index (κ1) is 14.5. The summed E-state index contributed by atoms with van der Waals surface area (Å²) in [5.74, 6) is 0.519. The van der Waals surface area contributed by atoms with E-state index in [1.807, 2.05) is 13.0 Å². The second-order valence-corrected chi connectivity index (χ2v) is 3.55. The van der Waals surface area contributed by atoms with Gasteiger partial charge in [-0.3, -0.25) is 4.79 Å². The first-order valence-corrected chi connectivity index (χ1v) is 5.97. The largest absolute Gasteiger partial charge is 0.494 e. The van der Waals surface area contributed by atoms with Crippen molar-refractivity contribution < 1.29 is 19.4 Å². The third-order valence-electron chi connectivity index (χ3n) is 2.17. The zero-order chi connectivity index (χ0) is 13.2. The molecule has 0 spiro atoms. The lowest BCUT2D eigenvalue weighted by molar-refractivity contribution is 0.0838. The van der Waals surface area contributed by atoms with Gasteiger partial charge in [-0.25, -0.2) is 0 Å². The summed E-state index contributed by atoms with van der Waals surface area (Å²) in [5, 5.41) is 11.2. The van der Waals surface area contributed by atoms with Crippen molar-refractivity contribution in [3.05, 3.63) is 29.8 Å². The van der Waals surface area contributed by atoms with Crippen LogP contribution >= 0.6 is 0 Å². The van der Waals surface area contributed by atoms with Crippen molar-refractivity contribution in [1.29, 1.82) is 0 Å². The van der Waals surface area contributed by atoms with Crippen LogP contribution in [0.25, 0.3) is 0 Å². The Morgan fingerprint density at radius 1 is 1.39 bits per heavy atom. The van der Waals surface area contributed by atoms with Crippen molar-refractivity contribution in [2.24, 2.45) is 0 Å². The van der Waals surface area contributed by atoms with Crippen LogP contribution in [0, 0.1) is 0 Å². The van der Waals surface area contributed by atoms with E-state index in [1.165, 1.54) is 0 Å². The van der Waals surface area contributed by atoms with Crippen molar-refractivity contribution in [1.82, 2.24) is 5.32 Å². The van der Waals surface area contributed by atoms with Crippen LogP contribution < -0.4 is 10.1 Å². The molecule has 5 nitrogen and oxygen atoms in total. The van der Waals surface area contributed by atoms with E-state index in [2.05, 4.69) is 5.32 Å². The predicted octanol–water partition coefficient (Wildman–Crippen LogP) is 0.824. The number of aliphatic hydroxyl groups is 1. The SMILES string of the molecule is CCOc1cccc(C(=O)NCCOCCO)c1. The number of hydrogen-bond donors (Lipinski definition) is 2. The molecular weight excluding hydrogens is 234 g/mol. The Morgan fingerprint density at radius 2 is 2.22 bits per heavy atom. The van der Waals surface area contributed by atoms with Crippen LogP contribution in [-0.4, -0.2) is 44.0 Å². The zero-order valence-corrected chi connectivity index (χ0v) is 10.5. The third-order valence-corrected chi connectivity index (χ3v) is 2.17. The maximum absolute atomic E-state index is 11.8. The Bertz CT molecular complexity index is 368. The molecule has 0 bridgehead atoms. The molecule has 1 rings (SSSR count). The lowest BCUT2D eigenvalue weighted by Crippen LogP contribution is -2.27. The van der Waals surface area contributed by atoms with E-state index in [1.54, 1.807) is 18.2 Å². The highest BCUT2D eigenvalue weighted by Crippen LogP contribution is 2.12. The molecule has 0 aromatic heterocycles.